The van der Waals surface area contributed by atoms with Gasteiger partial charge >= 0.3 is 6.61 Å². The monoisotopic (exact) mass is 521 g/mol. The fourth-order valence-electron chi connectivity index (χ4n) is 4.97. The Balaban J connectivity index is 1.54. The number of hydrogen-bond acceptors (Lipinski definition) is 8. The average Bonchev–Trinajstić information content (AvgIpc) is 3.37. The summed E-state index contributed by atoms with van der Waals surface area (Å²) >= 11 is 0. The number of sulfonamides is 1. The summed E-state index contributed by atoms with van der Waals surface area (Å²) in [5, 5.41) is 14.2. The molecular formula is C23H25F2N5O5S. The maximum atomic E-state index is 13.2. The van der Waals surface area contributed by atoms with E-state index in [0.29, 0.717) is 36.9 Å². The van der Waals surface area contributed by atoms with E-state index in [1.807, 2.05) is 12.1 Å². The van der Waals surface area contributed by atoms with Crippen LogP contribution in [0.5, 0.6) is 5.75 Å². The lowest BCUT2D eigenvalue weighted by Gasteiger charge is -2.28. The topological polar surface area (TPSA) is 127 Å². The smallest absolute Gasteiger partial charge is 0.387 e. The lowest BCUT2D eigenvalue weighted by atomic mass is 10.00. The van der Waals surface area contributed by atoms with Crippen LogP contribution in [0.15, 0.2) is 35.3 Å². The van der Waals surface area contributed by atoms with Gasteiger partial charge in [0.05, 0.1) is 17.9 Å². The zero-order valence-electron chi connectivity index (χ0n) is 19.6. The second-order valence-corrected chi connectivity index (χ2v) is 11.4. The predicted octanol–water partition coefficient (Wildman–Crippen LogP) is 2.89. The molecule has 1 fully saturated rings. The highest BCUT2D eigenvalue weighted by atomic mass is 32.2. The zero-order chi connectivity index (χ0) is 25.8. The molecule has 1 aliphatic heterocycles. The van der Waals surface area contributed by atoms with Gasteiger partial charge in [0.2, 0.25) is 16.0 Å². The molecule has 3 aromatic rings. The van der Waals surface area contributed by atoms with Crippen molar-refractivity contribution in [2.24, 2.45) is 0 Å². The number of pyridine rings is 1. The first kappa shape index (κ1) is 24.5. The molecule has 192 valence electrons. The Bertz CT molecular complexity index is 1510. The second kappa shape index (κ2) is 8.75. The molecule has 2 atom stereocenters. The Morgan fingerprint density at radius 1 is 1.25 bits per heavy atom. The van der Waals surface area contributed by atoms with Gasteiger partial charge in [0.15, 0.2) is 5.75 Å². The van der Waals surface area contributed by atoms with Gasteiger partial charge in [-0.3, -0.25) is 9.36 Å². The van der Waals surface area contributed by atoms with E-state index in [-0.39, 0.29) is 18.1 Å². The SMILES string of the molecule is C[C@@]1(O)CCC[C@H]1n1c(=O)c(OC(F)F)cc2cnc(Nc3ccc4c(c3)CN(S(C)(=O)=O)C4)nc21. The van der Waals surface area contributed by atoms with Crippen LogP contribution in [-0.4, -0.2) is 50.8 Å². The van der Waals surface area contributed by atoms with E-state index >= 15 is 0 Å². The first-order chi connectivity index (χ1) is 16.9. The Labute approximate surface area is 205 Å². The van der Waals surface area contributed by atoms with E-state index in [1.54, 1.807) is 13.0 Å². The van der Waals surface area contributed by atoms with Crippen molar-refractivity contribution in [2.75, 3.05) is 11.6 Å². The summed E-state index contributed by atoms with van der Waals surface area (Å²) in [5.41, 5.74) is 0.495. The maximum absolute atomic E-state index is 13.2. The molecule has 0 radical (unpaired) electrons. The summed E-state index contributed by atoms with van der Waals surface area (Å²) in [6.45, 7) is -1.02. The third-order valence-corrected chi connectivity index (χ3v) is 7.97. The van der Waals surface area contributed by atoms with Crippen molar-refractivity contribution in [2.45, 2.75) is 57.5 Å². The van der Waals surface area contributed by atoms with Crippen LogP contribution in [0, 0.1) is 0 Å². The minimum atomic E-state index is -3.33. The lowest BCUT2D eigenvalue weighted by Crippen LogP contribution is -2.38. The van der Waals surface area contributed by atoms with E-state index in [1.165, 1.54) is 27.4 Å². The van der Waals surface area contributed by atoms with Gasteiger partial charge in [0, 0.05) is 30.4 Å². The number of alkyl halides is 2. The van der Waals surface area contributed by atoms with Crippen LogP contribution in [0.3, 0.4) is 0 Å². The minimum absolute atomic E-state index is 0.147. The van der Waals surface area contributed by atoms with Crippen molar-refractivity contribution in [1.82, 2.24) is 18.8 Å². The van der Waals surface area contributed by atoms with Gasteiger partial charge in [-0.05, 0) is 55.5 Å². The molecule has 0 bridgehead atoms. The first-order valence-corrected chi connectivity index (χ1v) is 13.2. The quantitative estimate of drug-likeness (QED) is 0.507. The first-order valence-electron chi connectivity index (χ1n) is 11.4. The van der Waals surface area contributed by atoms with Crippen molar-refractivity contribution in [3.8, 4) is 5.75 Å². The van der Waals surface area contributed by atoms with Crippen LogP contribution in [-0.2, 0) is 23.1 Å². The number of nitrogens with zero attached hydrogens (tertiary/aromatic N) is 4. The van der Waals surface area contributed by atoms with Crippen molar-refractivity contribution in [3.63, 3.8) is 0 Å². The molecule has 13 heteroatoms. The van der Waals surface area contributed by atoms with E-state index in [9.17, 15) is 27.1 Å². The lowest BCUT2D eigenvalue weighted by molar-refractivity contribution is -0.0513. The molecule has 0 spiro atoms. The number of aromatic nitrogens is 3. The summed E-state index contributed by atoms with van der Waals surface area (Å²) < 4.78 is 56.7. The molecular weight excluding hydrogens is 496 g/mol. The van der Waals surface area contributed by atoms with Crippen molar-refractivity contribution in [3.05, 3.63) is 51.9 Å². The van der Waals surface area contributed by atoms with Crippen LogP contribution in [0.2, 0.25) is 0 Å². The maximum Gasteiger partial charge on any atom is 0.387 e. The summed E-state index contributed by atoms with van der Waals surface area (Å²) in [6, 6.07) is 5.89. The third-order valence-electron chi connectivity index (χ3n) is 6.77. The molecule has 3 heterocycles. The summed E-state index contributed by atoms with van der Waals surface area (Å²) in [6.07, 6.45) is 4.12. The standard InChI is InChI=1S/C23H25F2N5O5S/c1-23(32)7-3-4-18(23)30-19-14(9-17(20(30)31)35-21(24)25)10-26-22(28-19)27-16-6-5-13-11-29(36(2,33)34)12-15(13)8-16/h5-6,8-10,18,21,32H,3-4,7,11-12H2,1-2H3,(H,26,27,28)/t18-,23-/m1/s1. The summed E-state index contributed by atoms with van der Waals surface area (Å²) in [7, 11) is -3.33. The number of aliphatic hydroxyl groups is 1. The highest BCUT2D eigenvalue weighted by molar-refractivity contribution is 7.88. The highest BCUT2D eigenvalue weighted by Crippen LogP contribution is 2.40. The molecule has 2 N–H and O–H groups in total. The number of rotatable bonds is 6. The number of ether oxygens (including phenoxy) is 1. The molecule has 5 rings (SSSR count). The predicted molar refractivity (Wildman–Crippen MR) is 128 cm³/mol. The average molecular weight is 522 g/mol. The van der Waals surface area contributed by atoms with Gasteiger partial charge in [0.1, 0.15) is 5.65 Å². The Morgan fingerprint density at radius 3 is 2.67 bits per heavy atom. The number of nitrogens with one attached hydrogen (secondary N) is 1. The highest BCUT2D eigenvalue weighted by Gasteiger charge is 2.40. The largest absolute Gasteiger partial charge is 0.429 e. The van der Waals surface area contributed by atoms with Crippen molar-refractivity contribution >= 4 is 32.7 Å². The Kier molecular flexibility index (Phi) is 5.96. The van der Waals surface area contributed by atoms with Crippen molar-refractivity contribution in [1.29, 1.82) is 0 Å². The van der Waals surface area contributed by atoms with Crippen molar-refractivity contribution < 1.29 is 27.0 Å². The second-order valence-electron chi connectivity index (χ2n) is 9.44. The summed E-state index contributed by atoms with van der Waals surface area (Å²) in [4.78, 5) is 21.9. The number of halogens is 2. The third kappa shape index (κ3) is 4.53. The Hall–Kier alpha value is -3.16. The summed E-state index contributed by atoms with van der Waals surface area (Å²) in [5.74, 6) is -0.396. The van der Waals surface area contributed by atoms with E-state index in [2.05, 4.69) is 20.0 Å². The minimum Gasteiger partial charge on any atom is -0.429 e. The fraction of sp³-hybridized carbons (Fsp3) is 0.435. The molecule has 36 heavy (non-hydrogen) atoms. The van der Waals surface area contributed by atoms with Gasteiger partial charge < -0.3 is 15.2 Å². The zero-order valence-corrected chi connectivity index (χ0v) is 20.4. The van der Waals surface area contributed by atoms with Crippen LogP contribution < -0.4 is 15.6 Å². The normalized spacial score (nSPS) is 22.3. The molecule has 0 saturated heterocycles. The number of benzene rings is 1. The molecule has 2 aliphatic rings. The van der Waals surface area contributed by atoms with Crippen LogP contribution >= 0.6 is 0 Å². The van der Waals surface area contributed by atoms with Gasteiger partial charge in [-0.25, -0.2) is 13.4 Å². The molecule has 2 aromatic heterocycles. The van der Waals surface area contributed by atoms with Gasteiger partial charge in [0.25, 0.3) is 5.56 Å². The number of anilines is 2. The number of fused-ring (bicyclic) bond motifs is 2. The van der Waals surface area contributed by atoms with Crippen LogP contribution in [0.4, 0.5) is 20.4 Å². The van der Waals surface area contributed by atoms with Gasteiger partial charge in [-0.1, -0.05) is 6.07 Å². The molecule has 10 nitrogen and oxygen atoms in total. The molecule has 1 aromatic carbocycles. The molecule has 0 amide bonds. The Morgan fingerprint density at radius 2 is 2.00 bits per heavy atom. The fourth-order valence-corrected chi connectivity index (χ4v) is 5.71. The molecule has 0 unspecified atom stereocenters. The van der Waals surface area contributed by atoms with E-state index < -0.39 is 39.6 Å². The van der Waals surface area contributed by atoms with Gasteiger partial charge in [-0.2, -0.15) is 18.1 Å². The van der Waals surface area contributed by atoms with E-state index in [0.717, 1.165) is 11.1 Å². The molecule has 1 aliphatic carbocycles. The van der Waals surface area contributed by atoms with Crippen LogP contribution in [0.25, 0.3) is 11.0 Å². The van der Waals surface area contributed by atoms with Gasteiger partial charge in [-0.15, -0.1) is 0 Å². The van der Waals surface area contributed by atoms with E-state index in [4.69, 9.17) is 0 Å². The van der Waals surface area contributed by atoms with Crippen LogP contribution in [0.1, 0.15) is 43.4 Å². The molecule has 1 saturated carbocycles. The number of hydrogen-bond donors (Lipinski definition) is 2.